The Morgan fingerprint density at radius 3 is 2.71 bits per heavy atom. The molecular weight excluding hydrogens is 383 g/mol. The van der Waals surface area contributed by atoms with E-state index in [4.69, 9.17) is 16.3 Å². The highest BCUT2D eigenvalue weighted by Crippen LogP contribution is 2.22. The molecule has 146 valence electrons. The Kier molecular flexibility index (Phi) is 5.19. The van der Waals surface area contributed by atoms with Gasteiger partial charge in [0.2, 0.25) is 0 Å². The molecule has 1 aromatic carbocycles. The van der Waals surface area contributed by atoms with E-state index < -0.39 is 5.82 Å². The maximum atomic E-state index is 13.6. The lowest BCUT2D eigenvalue weighted by Gasteiger charge is -2.34. The minimum absolute atomic E-state index is 0.210. The third kappa shape index (κ3) is 3.81. The van der Waals surface area contributed by atoms with Crippen molar-refractivity contribution in [1.29, 1.82) is 0 Å². The summed E-state index contributed by atoms with van der Waals surface area (Å²) in [5.74, 6) is -0.273. The molecule has 0 bridgehead atoms. The van der Waals surface area contributed by atoms with Gasteiger partial charge in [-0.2, -0.15) is 0 Å². The normalized spacial score (nSPS) is 15.2. The van der Waals surface area contributed by atoms with E-state index >= 15 is 0 Å². The molecule has 4 rings (SSSR count). The van der Waals surface area contributed by atoms with Gasteiger partial charge in [-0.3, -0.25) is 9.69 Å². The van der Waals surface area contributed by atoms with Crippen LogP contribution in [-0.2, 0) is 6.54 Å². The van der Waals surface area contributed by atoms with Crippen LogP contribution in [0.1, 0.15) is 16.1 Å². The van der Waals surface area contributed by atoms with Crippen molar-refractivity contribution in [2.75, 3.05) is 33.3 Å². The summed E-state index contributed by atoms with van der Waals surface area (Å²) in [6.07, 6.45) is 3.80. The summed E-state index contributed by atoms with van der Waals surface area (Å²) in [6, 6.07) is 7.70. The summed E-state index contributed by atoms with van der Waals surface area (Å²) < 4.78 is 20.7. The molecular formula is C20H20ClFN4O2. The van der Waals surface area contributed by atoms with Crippen molar-refractivity contribution in [3.05, 3.63) is 64.8 Å². The van der Waals surface area contributed by atoms with E-state index in [0.717, 1.165) is 24.4 Å². The minimum Gasteiger partial charge on any atom is -0.496 e. The van der Waals surface area contributed by atoms with Gasteiger partial charge in [0, 0.05) is 45.1 Å². The third-order valence-electron chi connectivity index (χ3n) is 4.90. The Hall–Kier alpha value is -2.64. The predicted molar refractivity (Wildman–Crippen MR) is 104 cm³/mol. The lowest BCUT2D eigenvalue weighted by molar-refractivity contribution is 0.0623. The number of fused-ring (bicyclic) bond motifs is 1. The number of nitrogens with zero attached hydrogens (tertiary/aromatic N) is 4. The van der Waals surface area contributed by atoms with Crippen LogP contribution in [0.15, 0.2) is 42.7 Å². The SMILES string of the molecule is COc1ccc(F)cc1C(=O)N1CCN(Cc2cn3cc(Cl)ccc3n2)CC1. The molecule has 3 aromatic rings. The minimum atomic E-state index is -0.449. The van der Waals surface area contributed by atoms with Crippen molar-refractivity contribution in [1.82, 2.24) is 19.2 Å². The Labute approximate surface area is 167 Å². The average Bonchev–Trinajstić information content (AvgIpc) is 3.09. The fourth-order valence-electron chi connectivity index (χ4n) is 3.45. The summed E-state index contributed by atoms with van der Waals surface area (Å²) in [6.45, 7) is 3.27. The van der Waals surface area contributed by atoms with Crippen molar-refractivity contribution in [3.8, 4) is 5.75 Å². The molecule has 3 heterocycles. The summed E-state index contributed by atoms with van der Waals surface area (Å²) in [7, 11) is 1.48. The van der Waals surface area contributed by atoms with Gasteiger partial charge in [0.1, 0.15) is 17.2 Å². The first-order valence-corrected chi connectivity index (χ1v) is 9.39. The molecule has 0 atom stereocenters. The van der Waals surface area contributed by atoms with Gasteiger partial charge in [-0.25, -0.2) is 9.37 Å². The molecule has 1 saturated heterocycles. The molecule has 0 radical (unpaired) electrons. The Morgan fingerprint density at radius 1 is 1.18 bits per heavy atom. The van der Waals surface area contributed by atoms with Gasteiger partial charge in [0.15, 0.2) is 0 Å². The van der Waals surface area contributed by atoms with Gasteiger partial charge in [-0.05, 0) is 30.3 Å². The molecule has 0 aliphatic carbocycles. The average molecular weight is 403 g/mol. The number of hydrogen-bond donors (Lipinski definition) is 0. The highest BCUT2D eigenvalue weighted by atomic mass is 35.5. The largest absolute Gasteiger partial charge is 0.496 e. The van der Waals surface area contributed by atoms with Crippen molar-refractivity contribution in [3.63, 3.8) is 0 Å². The number of rotatable bonds is 4. The number of methoxy groups -OCH3 is 1. The second kappa shape index (κ2) is 7.77. The maximum Gasteiger partial charge on any atom is 0.257 e. The van der Waals surface area contributed by atoms with Gasteiger partial charge in [0.25, 0.3) is 5.91 Å². The number of halogens is 2. The number of imidazole rings is 1. The van der Waals surface area contributed by atoms with E-state index in [1.54, 1.807) is 4.90 Å². The fraction of sp³-hybridized carbons (Fsp3) is 0.300. The van der Waals surface area contributed by atoms with E-state index in [0.29, 0.717) is 30.4 Å². The van der Waals surface area contributed by atoms with Gasteiger partial charge < -0.3 is 14.0 Å². The van der Waals surface area contributed by atoms with Crippen LogP contribution < -0.4 is 4.74 Å². The summed E-state index contributed by atoms with van der Waals surface area (Å²) >= 11 is 6.02. The predicted octanol–water partition coefficient (Wildman–Crippen LogP) is 3.09. The van der Waals surface area contributed by atoms with Crippen LogP contribution >= 0.6 is 11.6 Å². The van der Waals surface area contributed by atoms with E-state index in [1.807, 2.05) is 28.9 Å². The number of piperazine rings is 1. The van der Waals surface area contributed by atoms with Crippen LogP contribution in [-0.4, -0.2) is 58.4 Å². The van der Waals surface area contributed by atoms with Crippen molar-refractivity contribution in [2.24, 2.45) is 0 Å². The zero-order valence-corrected chi connectivity index (χ0v) is 16.2. The first-order chi connectivity index (χ1) is 13.5. The van der Waals surface area contributed by atoms with Crippen LogP contribution in [0.25, 0.3) is 5.65 Å². The quantitative estimate of drug-likeness (QED) is 0.673. The van der Waals surface area contributed by atoms with Gasteiger partial charge >= 0.3 is 0 Å². The van der Waals surface area contributed by atoms with Gasteiger partial charge in [-0.15, -0.1) is 0 Å². The summed E-state index contributed by atoms with van der Waals surface area (Å²) in [5.41, 5.74) is 2.06. The first-order valence-electron chi connectivity index (χ1n) is 9.02. The third-order valence-corrected chi connectivity index (χ3v) is 5.13. The summed E-state index contributed by atoms with van der Waals surface area (Å²) in [5, 5.41) is 0.663. The number of benzene rings is 1. The molecule has 0 spiro atoms. The molecule has 0 N–H and O–H groups in total. The lowest BCUT2D eigenvalue weighted by atomic mass is 10.1. The smallest absolute Gasteiger partial charge is 0.257 e. The first kappa shape index (κ1) is 18.7. The van der Waals surface area contributed by atoms with Gasteiger partial charge in [-0.1, -0.05) is 11.6 Å². The second-order valence-corrected chi connectivity index (χ2v) is 7.19. The molecule has 1 aliphatic rings. The van der Waals surface area contributed by atoms with Crippen molar-refractivity contribution >= 4 is 23.2 Å². The standard InChI is InChI=1S/C20H20ClFN4O2/c1-28-18-4-3-15(22)10-17(18)20(27)25-8-6-24(7-9-25)12-16-13-26-11-14(21)2-5-19(26)23-16/h2-5,10-11,13H,6-9,12H2,1H3. The van der Waals surface area contributed by atoms with E-state index in [2.05, 4.69) is 9.88 Å². The van der Waals surface area contributed by atoms with E-state index in [9.17, 15) is 9.18 Å². The molecule has 6 nitrogen and oxygen atoms in total. The number of amides is 1. The Morgan fingerprint density at radius 2 is 1.96 bits per heavy atom. The summed E-state index contributed by atoms with van der Waals surface area (Å²) in [4.78, 5) is 21.4. The lowest BCUT2D eigenvalue weighted by Crippen LogP contribution is -2.48. The second-order valence-electron chi connectivity index (χ2n) is 6.76. The Bertz CT molecular complexity index is 1010. The number of carbonyl (C=O) groups is 1. The topological polar surface area (TPSA) is 50.1 Å². The van der Waals surface area contributed by atoms with Crippen LogP contribution in [0.2, 0.25) is 5.02 Å². The molecule has 0 saturated carbocycles. The van der Waals surface area contributed by atoms with Crippen LogP contribution in [0.3, 0.4) is 0 Å². The molecule has 1 fully saturated rings. The van der Waals surface area contributed by atoms with Crippen molar-refractivity contribution in [2.45, 2.75) is 6.54 Å². The molecule has 8 heteroatoms. The zero-order valence-electron chi connectivity index (χ0n) is 15.4. The molecule has 1 amide bonds. The van der Waals surface area contributed by atoms with E-state index in [1.165, 1.54) is 25.3 Å². The van der Waals surface area contributed by atoms with Crippen LogP contribution in [0.4, 0.5) is 4.39 Å². The zero-order chi connectivity index (χ0) is 19.7. The molecule has 28 heavy (non-hydrogen) atoms. The van der Waals surface area contributed by atoms with Crippen molar-refractivity contribution < 1.29 is 13.9 Å². The Balaban J connectivity index is 1.40. The fourth-order valence-corrected chi connectivity index (χ4v) is 3.62. The molecule has 0 unspecified atom stereocenters. The number of hydrogen-bond acceptors (Lipinski definition) is 4. The number of carbonyl (C=O) groups excluding carboxylic acids is 1. The van der Waals surface area contributed by atoms with Crippen LogP contribution in [0, 0.1) is 5.82 Å². The number of ether oxygens (including phenoxy) is 1. The highest BCUT2D eigenvalue weighted by Gasteiger charge is 2.25. The van der Waals surface area contributed by atoms with E-state index in [-0.39, 0.29) is 11.5 Å². The maximum absolute atomic E-state index is 13.6. The highest BCUT2D eigenvalue weighted by molar-refractivity contribution is 6.30. The molecule has 1 aliphatic heterocycles. The van der Waals surface area contributed by atoms with Crippen LogP contribution in [0.5, 0.6) is 5.75 Å². The molecule has 2 aromatic heterocycles. The monoisotopic (exact) mass is 402 g/mol. The number of pyridine rings is 1. The van der Waals surface area contributed by atoms with Gasteiger partial charge in [0.05, 0.1) is 23.4 Å². The number of aromatic nitrogens is 2.